The van der Waals surface area contributed by atoms with E-state index in [1.807, 2.05) is 37.3 Å². The molecular weight excluding hydrogens is 430 g/mol. The average molecular weight is 456 g/mol. The predicted octanol–water partition coefficient (Wildman–Crippen LogP) is 2.24. The van der Waals surface area contributed by atoms with E-state index >= 15 is 0 Å². The van der Waals surface area contributed by atoms with Crippen LogP contribution in [0.25, 0.3) is 10.9 Å². The van der Waals surface area contributed by atoms with E-state index in [2.05, 4.69) is 10.3 Å². The summed E-state index contributed by atoms with van der Waals surface area (Å²) in [5, 5.41) is 12.9. The Morgan fingerprint density at radius 1 is 1.19 bits per heavy atom. The molecule has 0 aliphatic carbocycles. The lowest BCUT2D eigenvalue weighted by Gasteiger charge is -2.17. The van der Waals surface area contributed by atoms with E-state index in [9.17, 15) is 13.2 Å². The second-order valence-electron chi connectivity index (χ2n) is 7.98. The topological polar surface area (TPSA) is 118 Å². The first-order valence-corrected chi connectivity index (χ1v) is 12.0. The number of ether oxygens (including phenoxy) is 1. The molecule has 1 fully saturated rings. The second kappa shape index (κ2) is 9.23. The molecule has 0 spiro atoms. The smallest absolute Gasteiger partial charge is 0.248 e. The maximum absolute atomic E-state index is 12.8. The van der Waals surface area contributed by atoms with Crippen molar-refractivity contribution >= 4 is 26.6 Å². The molecule has 3 aromatic rings. The molecule has 1 saturated heterocycles. The third kappa shape index (κ3) is 4.74. The lowest BCUT2D eigenvalue weighted by atomic mass is 9.97. The fourth-order valence-electron chi connectivity index (χ4n) is 4.09. The number of aromatic nitrogens is 1. The fourth-order valence-corrected chi connectivity index (χ4v) is 5.75. The van der Waals surface area contributed by atoms with Crippen molar-refractivity contribution in [3.8, 4) is 5.75 Å². The number of hydrogen-bond donors (Lipinski definition) is 3. The number of aryl methyl sites for hydroxylation is 1. The highest BCUT2D eigenvalue weighted by Gasteiger charge is 2.36. The summed E-state index contributed by atoms with van der Waals surface area (Å²) in [5.74, 6) is -1.19. The Morgan fingerprint density at radius 3 is 2.69 bits per heavy atom. The van der Waals surface area contributed by atoms with Gasteiger partial charge in [0.25, 0.3) is 0 Å². The number of benzene rings is 2. The molecule has 3 N–H and O–H groups in total. The molecular formula is C23H25N3O5S. The van der Waals surface area contributed by atoms with Crippen LogP contribution in [0, 0.1) is 18.8 Å². The SMILES string of the molecule is Cc1cc(COc2ccc(S(=O)(=O)C[C@@H]3CNC[C@@H]3C(=O)NO)cc2)c2ccccc2n1. The molecule has 8 nitrogen and oxygen atoms in total. The van der Waals surface area contributed by atoms with Crippen LogP contribution in [-0.2, 0) is 21.2 Å². The number of pyridine rings is 1. The van der Waals surface area contributed by atoms with Gasteiger partial charge in [-0.3, -0.25) is 15.0 Å². The molecule has 0 unspecified atom stereocenters. The largest absolute Gasteiger partial charge is 0.489 e. The van der Waals surface area contributed by atoms with Gasteiger partial charge in [0.1, 0.15) is 12.4 Å². The summed E-state index contributed by atoms with van der Waals surface area (Å²) in [6.07, 6.45) is 0. The van der Waals surface area contributed by atoms with Gasteiger partial charge in [-0.15, -0.1) is 0 Å². The van der Waals surface area contributed by atoms with Crippen molar-refractivity contribution in [3.05, 3.63) is 65.9 Å². The number of nitrogens with one attached hydrogen (secondary N) is 2. The van der Waals surface area contributed by atoms with Gasteiger partial charge in [-0.1, -0.05) is 18.2 Å². The first-order valence-electron chi connectivity index (χ1n) is 10.3. The number of hydroxylamine groups is 1. The molecule has 9 heteroatoms. The van der Waals surface area contributed by atoms with Gasteiger partial charge in [0.05, 0.1) is 22.1 Å². The van der Waals surface area contributed by atoms with Crippen molar-refractivity contribution in [1.29, 1.82) is 0 Å². The highest BCUT2D eigenvalue weighted by atomic mass is 32.2. The Hall–Kier alpha value is -3.01. The van der Waals surface area contributed by atoms with Gasteiger partial charge in [0.2, 0.25) is 5.91 Å². The molecule has 1 amide bonds. The number of amides is 1. The summed E-state index contributed by atoms with van der Waals surface area (Å²) in [4.78, 5) is 16.5. The summed E-state index contributed by atoms with van der Waals surface area (Å²) in [7, 11) is -3.60. The maximum atomic E-state index is 12.8. The predicted molar refractivity (Wildman–Crippen MR) is 119 cm³/mol. The first kappa shape index (κ1) is 22.2. The van der Waals surface area contributed by atoms with Crippen molar-refractivity contribution < 1.29 is 23.2 Å². The van der Waals surface area contributed by atoms with Crippen LogP contribution in [0.1, 0.15) is 11.3 Å². The van der Waals surface area contributed by atoms with Gasteiger partial charge in [-0.2, -0.15) is 0 Å². The zero-order valence-electron chi connectivity index (χ0n) is 17.6. The van der Waals surface area contributed by atoms with Crippen LogP contribution in [0.5, 0.6) is 5.75 Å². The molecule has 2 aromatic carbocycles. The molecule has 0 saturated carbocycles. The Kier molecular flexibility index (Phi) is 6.40. The number of sulfone groups is 1. The molecule has 0 bridgehead atoms. The fraction of sp³-hybridized carbons (Fsp3) is 0.304. The minimum absolute atomic E-state index is 0.171. The molecule has 1 aliphatic rings. The number of fused-ring (bicyclic) bond motifs is 1. The Balaban J connectivity index is 1.45. The first-order chi connectivity index (χ1) is 15.4. The van der Waals surface area contributed by atoms with Crippen LogP contribution >= 0.6 is 0 Å². The summed E-state index contributed by atoms with van der Waals surface area (Å²) < 4.78 is 31.6. The number of carbonyl (C=O) groups is 1. The summed E-state index contributed by atoms with van der Waals surface area (Å²) in [6.45, 7) is 3.01. The van der Waals surface area contributed by atoms with Crippen LogP contribution < -0.4 is 15.5 Å². The molecule has 1 aliphatic heterocycles. The van der Waals surface area contributed by atoms with Gasteiger partial charge in [-0.25, -0.2) is 13.9 Å². The lowest BCUT2D eigenvalue weighted by molar-refractivity contribution is -0.133. The molecule has 0 radical (unpaired) electrons. The van der Waals surface area contributed by atoms with E-state index in [-0.39, 0.29) is 10.6 Å². The second-order valence-corrected chi connectivity index (χ2v) is 10.0. The molecule has 1 aromatic heterocycles. The highest BCUT2D eigenvalue weighted by molar-refractivity contribution is 7.91. The Morgan fingerprint density at radius 2 is 1.94 bits per heavy atom. The van der Waals surface area contributed by atoms with Crippen molar-refractivity contribution in [1.82, 2.24) is 15.8 Å². The van der Waals surface area contributed by atoms with E-state index in [4.69, 9.17) is 9.94 Å². The van der Waals surface area contributed by atoms with E-state index in [0.717, 1.165) is 22.2 Å². The van der Waals surface area contributed by atoms with Crippen LogP contribution in [0.2, 0.25) is 0 Å². The van der Waals surface area contributed by atoms with E-state index in [0.29, 0.717) is 25.4 Å². The Labute approximate surface area is 186 Å². The van der Waals surface area contributed by atoms with E-state index < -0.39 is 27.6 Å². The van der Waals surface area contributed by atoms with Crippen molar-refractivity contribution in [3.63, 3.8) is 0 Å². The van der Waals surface area contributed by atoms with Crippen LogP contribution in [0.4, 0.5) is 0 Å². The van der Waals surface area contributed by atoms with Gasteiger partial charge in [-0.05, 0) is 55.8 Å². The summed E-state index contributed by atoms with van der Waals surface area (Å²) in [6, 6.07) is 16.1. The quantitative estimate of drug-likeness (QED) is 0.369. The summed E-state index contributed by atoms with van der Waals surface area (Å²) >= 11 is 0. The number of nitrogens with zero attached hydrogens (tertiary/aromatic N) is 1. The third-order valence-electron chi connectivity index (χ3n) is 5.73. The standard InChI is InChI=1S/C23H25N3O5S/c1-15-10-16(20-4-2-3-5-22(20)25-15)13-31-18-6-8-19(9-7-18)32(29,30)14-17-11-24-12-21(17)23(27)26-28/h2-10,17,21,24,28H,11-14H2,1H3,(H,26,27)/t17-,21-/m0/s1. The van der Waals surface area contributed by atoms with E-state index in [1.54, 1.807) is 17.6 Å². The lowest BCUT2D eigenvalue weighted by Crippen LogP contribution is -2.35. The van der Waals surface area contributed by atoms with Gasteiger partial charge < -0.3 is 10.1 Å². The summed E-state index contributed by atoms with van der Waals surface area (Å²) in [5.41, 5.74) is 4.43. The number of rotatable bonds is 7. The van der Waals surface area contributed by atoms with Gasteiger partial charge >= 0.3 is 0 Å². The number of hydrogen-bond acceptors (Lipinski definition) is 7. The van der Waals surface area contributed by atoms with Crippen LogP contribution in [0.3, 0.4) is 0 Å². The van der Waals surface area contributed by atoms with Crippen LogP contribution in [0.15, 0.2) is 59.5 Å². The molecule has 168 valence electrons. The van der Waals surface area contributed by atoms with Gasteiger partial charge in [0, 0.05) is 23.2 Å². The molecule has 4 rings (SSSR count). The number of carbonyl (C=O) groups excluding carboxylic acids is 1. The third-order valence-corrected chi connectivity index (χ3v) is 7.58. The average Bonchev–Trinajstić information content (AvgIpc) is 3.24. The van der Waals surface area contributed by atoms with Crippen molar-refractivity contribution in [2.75, 3.05) is 18.8 Å². The number of para-hydroxylation sites is 1. The van der Waals surface area contributed by atoms with Crippen molar-refractivity contribution in [2.45, 2.75) is 18.4 Å². The van der Waals surface area contributed by atoms with Gasteiger partial charge in [0.15, 0.2) is 9.84 Å². The van der Waals surface area contributed by atoms with Crippen molar-refractivity contribution in [2.24, 2.45) is 11.8 Å². The minimum atomic E-state index is -3.60. The minimum Gasteiger partial charge on any atom is -0.489 e. The normalized spacial score (nSPS) is 18.6. The van der Waals surface area contributed by atoms with Crippen LogP contribution in [-0.4, -0.2) is 43.4 Å². The maximum Gasteiger partial charge on any atom is 0.248 e. The van der Waals surface area contributed by atoms with E-state index in [1.165, 1.54) is 12.1 Å². The monoisotopic (exact) mass is 455 g/mol. The Bertz CT molecular complexity index is 1230. The molecule has 2 atom stereocenters. The zero-order chi connectivity index (χ0) is 22.7. The molecule has 2 heterocycles. The highest BCUT2D eigenvalue weighted by Crippen LogP contribution is 2.25. The zero-order valence-corrected chi connectivity index (χ0v) is 18.4. The molecule has 32 heavy (non-hydrogen) atoms.